The average molecular weight is 270 g/mol. The number of carbonyl (C=O) groups excluding carboxylic acids is 1. The first-order valence-electron chi connectivity index (χ1n) is 2.29. The molecule has 1 aromatic rings. The summed E-state index contributed by atoms with van der Waals surface area (Å²) in [6.45, 7) is 0.303. The highest BCUT2D eigenvalue weighted by Crippen LogP contribution is 2.30. The molecule has 0 fully saturated rings. The Kier molecular flexibility index (Phi) is 2.50. The average Bonchev–Trinajstić information content (AvgIpc) is 2.14. The van der Waals surface area contributed by atoms with Crippen LogP contribution < -0.4 is 4.74 Å². The molecule has 0 aliphatic heterocycles. The predicted octanol–water partition coefficient (Wildman–Crippen LogP) is 2.34. The molecule has 0 radical (unpaired) electrons. The molecule has 0 aliphatic rings. The van der Waals surface area contributed by atoms with E-state index in [-0.39, 0.29) is 5.95 Å². The fourth-order valence-corrected chi connectivity index (χ4v) is 0.974. The summed E-state index contributed by atoms with van der Waals surface area (Å²) < 4.78 is 10.5. The van der Waals surface area contributed by atoms with E-state index in [1.165, 1.54) is 0 Å². The van der Waals surface area contributed by atoms with E-state index in [2.05, 4.69) is 36.6 Å². The summed E-state index contributed by atoms with van der Waals surface area (Å²) in [6.07, 6.45) is 0. The summed E-state index contributed by atoms with van der Waals surface area (Å²) in [5.74, 6) is 0.161. The largest absolute Gasteiger partial charge is 0.417 e. The number of rotatable bonds is 2. The van der Waals surface area contributed by atoms with Crippen LogP contribution in [0.4, 0.5) is 0 Å². The Labute approximate surface area is 73.6 Å². The lowest BCUT2D eigenvalue weighted by atomic mass is 10.6. The zero-order valence-electron chi connectivity index (χ0n) is 4.64. The molecule has 0 N–H and O–H groups in total. The first-order valence-corrected chi connectivity index (χ1v) is 3.88. The molecule has 0 aliphatic carbocycles. The van der Waals surface area contributed by atoms with Gasteiger partial charge in [0.25, 0.3) is 5.95 Å². The van der Waals surface area contributed by atoms with Gasteiger partial charge in [0.15, 0.2) is 4.67 Å². The van der Waals surface area contributed by atoms with Crippen LogP contribution in [0.15, 0.2) is 19.6 Å². The quantitative estimate of drug-likeness (QED) is 0.774. The Morgan fingerprint density at radius 1 is 1.60 bits per heavy atom. The van der Waals surface area contributed by atoms with Gasteiger partial charge < -0.3 is 9.15 Å². The van der Waals surface area contributed by atoms with Crippen molar-refractivity contribution < 1.29 is 13.9 Å². The van der Waals surface area contributed by atoms with E-state index in [1.54, 1.807) is 6.07 Å². The van der Waals surface area contributed by atoms with Crippen molar-refractivity contribution in [2.24, 2.45) is 0 Å². The van der Waals surface area contributed by atoms with Crippen LogP contribution >= 0.6 is 31.9 Å². The highest BCUT2D eigenvalue weighted by molar-refractivity contribution is 9.13. The molecule has 0 amide bonds. The van der Waals surface area contributed by atoms with Crippen LogP contribution in [0.3, 0.4) is 0 Å². The van der Waals surface area contributed by atoms with Gasteiger partial charge in [-0.2, -0.15) is 0 Å². The van der Waals surface area contributed by atoms with Crippen LogP contribution in [0.2, 0.25) is 0 Å². The number of hydrogen-bond donors (Lipinski definition) is 0. The first kappa shape index (κ1) is 7.81. The lowest BCUT2D eigenvalue weighted by Gasteiger charge is -1.84. The van der Waals surface area contributed by atoms with E-state index in [1.807, 2.05) is 0 Å². The normalized spacial score (nSPS) is 9.40. The van der Waals surface area contributed by atoms with Gasteiger partial charge in [-0.05, 0) is 31.9 Å². The third-order valence-corrected chi connectivity index (χ3v) is 2.50. The maximum absolute atomic E-state index is 9.78. The number of furan rings is 1. The second-order valence-corrected chi connectivity index (χ2v) is 2.98. The molecule has 0 unspecified atom stereocenters. The molecule has 5 heteroatoms. The maximum atomic E-state index is 9.78. The molecule has 0 saturated heterocycles. The summed E-state index contributed by atoms with van der Waals surface area (Å²) >= 11 is 6.23. The molecule has 0 spiro atoms. The monoisotopic (exact) mass is 268 g/mol. The molecule has 1 heterocycles. The smallest absolute Gasteiger partial charge is 0.300 e. The van der Waals surface area contributed by atoms with Crippen molar-refractivity contribution in [2.45, 2.75) is 0 Å². The van der Waals surface area contributed by atoms with Crippen molar-refractivity contribution in [3.63, 3.8) is 0 Å². The Morgan fingerprint density at radius 2 is 2.30 bits per heavy atom. The molecule has 1 rings (SSSR count). The lowest BCUT2D eigenvalue weighted by molar-refractivity contribution is -0.121. The fourth-order valence-electron chi connectivity index (χ4n) is 0.432. The molecule has 0 atom stereocenters. The second-order valence-electron chi connectivity index (χ2n) is 1.40. The van der Waals surface area contributed by atoms with Crippen LogP contribution in [-0.4, -0.2) is 6.47 Å². The van der Waals surface area contributed by atoms with Gasteiger partial charge in [0, 0.05) is 6.07 Å². The van der Waals surface area contributed by atoms with Crippen LogP contribution in [0.1, 0.15) is 0 Å². The summed E-state index contributed by atoms with van der Waals surface area (Å²) in [6, 6.07) is 1.54. The highest BCUT2D eigenvalue weighted by atomic mass is 79.9. The van der Waals surface area contributed by atoms with Crippen molar-refractivity contribution in [2.75, 3.05) is 0 Å². The first-order chi connectivity index (χ1) is 4.74. The van der Waals surface area contributed by atoms with Gasteiger partial charge >= 0.3 is 6.47 Å². The predicted molar refractivity (Wildman–Crippen MR) is 40.8 cm³/mol. The minimum atomic E-state index is 0.161. The van der Waals surface area contributed by atoms with E-state index in [0.29, 0.717) is 15.6 Å². The fraction of sp³-hybridized carbons (Fsp3) is 0. The molecule has 0 aromatic carbocycles. The van der Waals surface area contributed by atoms with E-state index in [0.717, 1.165) is 0 Å². The summed E-state index contributed by atoms with van der Waals surface area (Å²) in [5, 5.41) is 0. The van der Waals surface area contributed by atoms with Gasteiger partial charge in [-0.15, -0.1) is 0 Å². The van der Waals surface area contributed by atoms with Crippen LogP contribution in [0.5, 0.6) is 5.95 Å². The highest BCUT2D eigenvalue weighted by Gasteiger charge is 2.05. The van der Waals surface area contributed by atoms with E-state index < -0.39 is 0 Å². The van der Waals surface area contributed by atoms with Gasteiger partial charge in [-0.1, -0.05) is 0 Å². The van der Waals surface area contributed by atoms with E-state index in [4.69, 9.17) is 4.42 Å². The van der Waals surface area contributed by atoms with Crippen LogP contribution in [0, 0.1) is 0 Å². The van der Waals surface area contributed by atoms with E-state index >= 15 is 0 Å². The Hall–Kier alpha value is -0.290. The Balaban J connectivity index is 2.86. The van der Waals surface area contributed by atoms with E-state index in [9.17, 15) is 4.79 Å². The van der Waals surface area contributed by atoms with Gasteiger partial charge in [0.05, 0.1) is 4.47 Å². The molecule has 0 saturated carbocycles. The second kappa shape index (κ2) is 3.21. The van der Waals surface area contributed by atoms with Crippen LogP contribution in [0.25, 0.3) is 0 Å². The zero-order valence-corrected chi connectivity index (χ0v) is 7.81. The Morgan fingerprint density at radius 3 is 2.70 bits per heavy atom. The number of halogens is 2. The third kappa shape index (κ3) is 1.60. The van der Waals surface area contributed by atoms with Crippen LogP contribution in [-0.2, 0) is 4.79 Å². The van der Waals surface area contributed by atoms with Gasteiger partial charge in [-0.3, -0.25) is 4.79 Å². The molecule has 54 valence electrons. The maximum Gasteiger partial charge on any atom is 0.300 e. The van der Waals surface area contributed by atoms with Crippen molar-refractivity contribution >= 4 is 38.3 Å². The van der Waals surface area contributed by atoms with Gasteiger partial charge in [-0.25, -0.2) is 0 Å². The number of hydrogen-bond acceptors (Lipinski definition) is 3. The minimum absolute atomic E-state index is 0.161. The lowest BCUT2D eigenvalue weighted by Crippen LogP contribution is -1.83. The molecular formula is C5H2Br2O3. The molecule has 0 bridgehead atoms. The number of carbonyl (C=O) groups is 1. The molecule has 3 nitrogen and oxygen atoms in total. The van der Waals surface area contributed by atoms with Crippen molar-refractivity contribution in [1.82, 2.24) is 0 Å². The Bertz CT molecular complexity index is 224. The summed E-state index contributed by atoms with van der Waals surface area (Å²) in [5.41, 5.74) is 0. The third-order valence-electron chi connectivity index (χ3n) is 0.787. The van der Waals surface area contributed by atoms with Gasteiger partial charge in [0.1, 0.15) is 0 Å². The molecule has 10 heavy (non-hydrogen) atoms. The summed E-state index contributed by atoms with van der Waals surface area (Å²) in [7, 11) is 0. The number of ether oxygens (including phenoxy) is 1. The standard InChI is InChI=1S/C5H2Br2O3/c6-3-1-4(9-2-8)10-5(3)7/h1-2H. The van der Waals surface area contributed by atoms with Crippen molar-refractivity contribution in [3.8, 4) is 5.95 Å². The molecular weight excluding hydrogens is 268 g/mol. The topological polar surface area (TPSA) is 39.4 Å². The molecule has 1 aromatic heterocycles. The summed E-state index contributed by atoms with van der Waals surface area (Å²) in [4.78, 5) is 9.78. The zero-order chi connectivity index (χ0) is 7.56. The van der Waals surface area contributed by atoms with Crippen molar-refractivity contribution in [3.05, 3.63) is 15.2 Å². The van der Waals surface area contributed by atoms with Crippen molar-refractivity contribution in [1.29, 1.82) is 0 Å². The van der Waals surface area contributed by atoms with Gasteiger partial charge in [0.2, 0.25) is 0 Å². The SMILES string of the molecule is O=COc1cc(Br)c(Br)o1. The minimum Gasteiger partial charge on any atom is -0.417 e.